The molecule has 2 aliphatic heterocycles. The van der Waals surface area contributed by atoms with E-state index in [-0.39, 0.29) is 36.0 Å². The zero-order chi connectivity index (χ0) is 32.1. The van der Waals surface area contributed by atoms with Crippen LogP contribution in [0, 0.1) is 5.41 Å². The molecule has 0 saturated carbocycles. The molecule has 2 aliphatic rings. The Morgan fingerprint density at radius 1 is 1.07 bits per heavy atom. The second kappa shape index (κ2) is 14.2. The van der Waals surface area contributed by atoms with Crippen LogP contribution in [0.4, 0.5) is 4.79 Å². The zero-order valence-corrected chi connectivity index (χ0v) is 26.1. The zero-order valence-electron chi connectivity index (χ0n) is 26.1. The minimum atomic E-state index is -1.24. The Morgan fingerprint density at radius 2 is 1.72 bits per heavy atom. The van der Waals surface area contributed by atoms with E-state index in [9.17, 15) is 33.9 Å². The normalized spacial score (nSPS) is 22.2. The summed E-state index contributed by atoms with van der Waals surface area (Å²) in [6, 6.07) is 3.94. The van der Waals surface area contributed by atoms with Gasteiger partial charge in [-0.25, -0.2) is 4.79 Å². The molecule has 1 aromatic rings. The highest BCUT2D eigenvalue weighted by Gasteiger charge is 2.45. The van der Waals surface area contributed by atoms with E-state index in [0.29, 0.717) is 31.1 Å². The maximum absolute atomic E-state index is 14.1. The smallest absolute Gasteiger partial charge is 0.407 e. The number of ketones is 2. The molecule has 11 heteroatoms. The van der Waals surface area contributed by atoms with Gasteiger partial charge in [-0.1, -0.05) is 57.9 Å². The minimum Gasteiger partial charge on any atom is -0.465 e. The maximum atomic E-state index is 14.1. The molecule has 3 rings (SSSR count). The van der Waals surface area contributed by atoms with Crippen molar-refractivity contribution in [2.75, 3.05) is 7.05 Å². The molecule has 1 unspecified atom stereocenters. The number of hydrogen-bond acceptors (Lipinski definition) is 7. The summed E-state index contributed by atoms with van der Waals surface area (Å²) in [6.07, 6.45) is 3.56. The Morgan fingerprint density at radius 3 is 2.30 bits per heavy atom. The molecule has 3 amide bonds. The van der Waals surface area contributed by atoms with Crippen molar-refractivity contribution >= 4 is 35.8 Å². The summed E-state index contributed by atoms with van der Waals surface area (Å²) in [6.45, 7) is 8.61. The summed E-state index contributed by atoms with van der Waals surface area (Å²) in [4.78, 5) is 78.2. The maximum Gasteiger partial charge on any atom is 0.407 e. The summed E-state index contributed by atoms with van der Waals surface area (Å²) >= 11 is 0. The van der Waals surface area contributed by atoms with Gasteiger partial charge in [-0.2, -0.15) is 0 Å². The number of nitrogens with zero attached hydrogens (tertiary/aromatic N) is 2. The van der Waals surface area contributed by atoms with E-state index >= 15 is 0 Å². The minimum absolute atomic E-state index is 0.0836. The number of carbonyl (C=O) groups is 6. The second-order valence-corrected chi connectivity index (χ2v) is 13.0. The van der Waals surface area contributed by atoms with E-state index in [1.807, 2.05) is 26.8 Å². The van der Waals surface area contributed by atoms with Crippen LogP contribution in [0.15, 0.2) is 24.3 Å². The van der Waals surface area contributed by atoms with Crippen molar-refractivity contribution < 1.29 is 33.9 Å². The molecule has 2 saturated heterocycles. The highest BCUT2D eigenvalue weighted by Crippen LogP contribution is 2.33. The van der Waals surface area contributed by atoms with Crippen LogP contribution in [0.3, 0.4) is 0 Å². The average Bonchev–Trinajstić information content (AvgIpc) is 3.34. The van der Waals surface area contributed by atoms with Crippen molar-refractivity contribution in [2.24, 2.45) is 5.41 Å². The molecule has 0 bridgehead atoms. The third kappa shape index (κ3) is 8.07. The Bertz CT molecular complexity index is 1210. The summed E-state index contributed by atoms with van der Waals surface area (Å²) in [7, 11) is 1.34. The van der Waals surface area contributed by atoms with E-state index in [0.717, 1.165) is 29.7 Å². The Hall–Kier alpha value is -3.60. The molecule has 2 heterocycles. The molecular weight excluding hydrogens is 552 g/mol. The lowest BCUT2D eigenvalue weighted by atomic mass is 9.81. The van der Waals surface area contributed by atoms with Crippen molar-refractivity contribution in [3.63, 3.8) is 0 Å². The number of likely N-dealkylation sites (N-methyl/N-ethyl adjacent to an activating group) is 1. The fourth-order valence-corrected chi connectivity index (χ4v) is 6.49. The first-order chi connectivity index (χ1) is 20.2. The first-order valence-electron chi connectivity index (χ1n) is 15.0. The van der Waals surface area contributed by atoms with Gasteiger partial charge in [0.1, 0.15) is 35.9 Å². The molecule has 11 nitrogen and oxygen atoms in total. The van der Waals surface area contributed by atoms with Gasteiger partial charge in [-0.05, 0) is 56.1 Å². The lowest BCUT2D eigenvalue weighted by Gasteiger charge is -2.42. The summed E-state index contributed by atoms with van der Waals surface area (Å²) in [5.41, 5.74) is 0.760. The first-order valence-corrected chi connectivity index (χ1v) is 15.0. The van der Waals surface area contributed by atoms with Crippen molar-refractivity contribution in [3.05, 3.63) is 35.4 Å². The fraction of sp³-hybridized carbons (Fsp3) is 0.625. The number of amides is 3. The second-order valence-electron chi connectivity index (χ2n) is 13.0. The number of benzene rings is 1. The number of hydrogen-bond donors (Lipinski definition) is 3. The highest BCUT2D eigenvalue weighted by molar-refractivity contribution is 6.05. The molecule has 0 aliphatic carbocycles. The van der Waals surface area contributed by atoms with E-state index in [4.69, 9.17) is 0 Å². The number of carboxylic acid groups (broad SMARTS) is 1. The predicted octanol–water partition coefficient (Wildman–Crippen LogP) is 3.05. The van der Waals surface area contributed by atoms with Gasteiger partial charge in [-0.15, -0.1) is 0 Å². The molecule has 0 spiro atoms. The number of fused-ring (bicyclic) bond motifs is 1. The van der Waals surface area contributed by atoms with Gasteiger partial charge in [0, 0.05) is 25.7 Å². The van der Waals surface area contributed by atoms with Crippen LogP contribution >= 0.6 is 0 Å². The van der Waals surface area contributed by atoms with Gasteiger partial charge >= 0.3 is 6.09 Å². The van der Waals surface area contributed by atoms with E-state index < -0.39 is 41.6 Å². The Labute approximate surface area is 253 Å². The number of nitrogens with one attached hydrogen (secondary N) is 2. The Kier molecular flexibility index (Phi) is 11.2. The van der Waals surface area contributed by atoms with Gasteiger partial charge in [0.2, 0.25) is 11.8 Å². The lowest BCUT2D eigenvalue weighted by Crippen LogP contribution is -2.63. The summed E-state index contributed by atoms with van der Waals surface area (Å²) in [5.74, 6) is -1.83. The summed E-state index contributed by atoms with van der Waals surface area (Å²) < 4.78 is 0. The molecule has 0 radical (unpaired) electrons. The molecule has 3 N–H and O–H groups in total. The van der Waals surface area contributed by atoms with Crippen LogP contribution in [-0.4, -0.2) is 87.9 Å². The van der Waals surface area contributed by atoms with Gasteiger partial charge in [-0.3, -0.25) is 19.2 Å². The highest BCUT2D eigenvalue weighted by atomic mass is 16.4. The SMILES string of the molecule is CC(=O)C(C(C)=O)c1cccc(CNC(=O)[C@@H]2CC[C@@H]3CCCC[C@H](N[C@@H](C(C=O)N(C)C(=O)O)C(C)(C)C)C(=O)N32)c1. The van der Waals surface area contributed by atoms with Crippen LogP contribution in [0.25, 0.3) is 0 Å². The molecular formula is C32H46N4O7. The molecule has 43 heavy (non-hydrogen) atoms. The number of rotatable bonds is 11. The third-order valence-electron chi connectivity index (χ3n) is 8.75. The van der Waals surface area contributed by atoms with E-state index in [1.54, 1.807) is 23.1 Å². The number of Topliss-reactive ketones (excluding diaryl/α,β-unsaturated/α-hetero) is 2. The lowest BCUT2D eigenvalue weighted by molar-refractivity contribution is -0.143. The number of carbonyl (C=O) groups excluding carboxylic acids is 5. The van der Waals surface area contributed by atoms with Crippen molar-refractivity contribution in [2.45, 2.75) is 116 Å². The molecule has 2 fully saturated rings. The van der Waals surface area contributed by atoms with Crippen LogP contribution in [0.1, 0.15) is 90.2 Å². The quantitative estimate of drug-likeness (QED) is 0.260. The van der Waals surface area contributed by atoms with Gasteiger partial charge in [0.15, 0.2) is 0 Å². The fourth-order valence-electron chi connectivity index (χ4n) is 6.49. The molecule has 1 aromatic carbocycles. The van der Waals surface area contributed by atoms with Gasteiger partial charge < -0.3 is 30.3 Å². The molecule has 0 aromatic heterocycles. The third-order valence-corrected chi connectivity index (χ3v) is 8.75. The summed E-state index contributed by atoms with van der Waals surface area (Å²) in [5, 5.41) is 15.9. The average molecular weight is 599 g/mol. The van der Waals surface area contributed by atoms with Gasteiger partial charge in [0.05, 0.1) is 6.04 Å². The van der Waals surface area contributed by atoms with E-state index in [2.05, 4.69) is 10.6 Å². The molecule has 236 valence electrons. The molecule has 5 atom stereocenters. The van der Waals surface area contributed by atoms with Crippen molar-refractivity contribution in [3.8, 4) is 0 Å². The monoisotopic (exact) mass is 598 g/mol. The predicted molar refractivity (Wildman–Crippen MR) is 160 cm³/mol. The van der Waals surface area contributed by atoms with Crippen LogP contribution in [0.5, 0.6) is 0 Å². The number of aldehydes is 1. The Balaban J connectivity index is 1.80. The van der Waals surface area contributed by atoms with Crippen molar-refractivity contribution in [1.29, 1.82) is 0 Å². The van der Waals surface area contributed by atoms with Gasteiger partial charge in [0.25, 0.3) is 0 Å². The standard InChI is InChI=1S/C32H46N4O7/c1-19(38)27(20(2)39)22-11-9-10-21(16-22)17-33-29(40)25-15-14-23-12-7-8-13-24(30(41)36(23)25)34-28(32(3,4)5)26(18-37)35(6)31(42)43/h9-11,16,18,23-28,34H,7-8,12-15,17H2,1-6H3,(H,33,40)(H,42,43)/t23-,24-,25-,26?,28-/m0/s1. The van der Waals surface area contributed by atoms with Crippen molar-refractivity contribution in [1.82, 2.24) is 20.4 Å². The van der Waals surface area contributed by atoms with Crippen LogP contribution in [0.2, 0.25) is 0 Å². The van der Waals surface area contributed by atoms with Crippen LogP contribution < -0.4 is 10.6 Å². The van der Waals surface area contributed by atoms with E-state index in [1.165, 1.54) is 20.9 Å². The topological polar surface area (TPSA) is 153 Å². The van der Waals surface area contributed by atoms with Crippen LogP contribution in [-0.2, 0) is 30.5 Å². The largest absolute Gasteiger partial charge is 0.465 e. The first kappa shape index (κ1) is 33.9.